The number of halogens is 1. The van der Waals surface area contributed by atoms with E-state index >= 15 is 0 Å². The second-order valence-corrected chi connectivity index (χ2v) is 8.76. The van der Waals surface area contributed by atoms with Crippen LogP contribution in [0.4, 0.5) is 0 Å². The summed E-state index contributed by atoms with van der Waals surface area (Å²) < 4.78 is 11.3. The molecule has 0 aliphatic carbocycles. The molecule has 0 heterocycles. The Labute approximate surface area is 169 Å². The zero-order valence-corrected chi connectivity index (χ0v) is 17.7. The zero-order chi connectivity index (χ0) is 21.9. The molecular formula is C20H27ClO7. The number of ether oxygens (including phenoxy) is 2. The Morgan fingerprint density at radius 3 is 1.89 bits per heavy atom. The molecule has 0 unspecified atom stereocenters. The number of Topliss-reactive ketones (excluding diaryl/α,β-unsaturated/α-hetero) is 1. The molecule has 0 aromatic heterocycles. The lowest BCUT2D eigenvalue weighted by Gasteiger charge is -2.49. The highest BCUT2D eigenvalue weighted by Crippen LogP contribution is 2.49. The second kappa shape index (κ2) is 8.39. The van der Waals surface area contributed by atoms with Crippen molar-refractivity contribution in [2.75, 3.05) is 12.5 Å². The number of carbonyl (C=O) groups is 3. The van der Waals surface area contributed by atoms with Crippen molar-refractivity contribution in [3.05, 3.63) is 23.8 Å². The minimum absolute atomic E-state index is 0.0274. The third-order valence-corrected chi connectivity index (χ3v) is 4.66. The number of carboxylic acids is 2. The maximum absolute atomic E-state index is 12.4. The second-order valence-electron chi connectivity index (χ2n) is 8.49. The molecule has 7 nitrogen and oxygen atoms in total. The average Bonchev–Trinajstić information content (AvgIpc) is 2.54. The van der Waals surface area contributed by atoms with Crippen LogP contribution in [0.2, 0.25) is 0 Å². The smallest absolute Gasteiger partial charge is 0.349 e. The van der Waals surface area contributed by atoms with E-state index in [-0.39, 0.29) is 28.7 Å². The summed E-state index contributed by atoms with van der Waals surface area (Å²) in [6.45, 7) is 9.79. The molecule has 8 heteroatoms. The van der Waals surface area contributed by atoms with Gasteiger partial charge in [0.2, 0.25) is 5.60 Å². The first-order valence-electron chi connectivity index (χ1n) is 8.67. The summed E-state index contributed by atoms with van der Waals surface area (Å²) in [5, 5.41) is 19.0. The highest BCUT2D eigenvalue weighted by molar-refractivity contribution is 6.30. The molecule has 0 bridgehead atoms. The van der Waals surface area contributed by atoms with Gasteiger partial charge in [0.15, 0.2) is 23.9 Å². The van der Waals surface area contributed by atoms with Crippen molar-refractivity contribution in [1.29, 1.82) is 0 Å². The summed E-state index contributed by atoms with van der Waals surface area (Å²) in [5.41, 5.74) is -3.16. The van der Waals surface area contributed by atoms with E-state index in [1.165, 1.54) is 18.2 Å². The Balaban J connectivity index is 3.60. The third kappa shape index (κ3) is 4.76. The van der Waals surface area contributed by atoms with E-state index in [4.69, 9.17) is 26.2 Å². The predicted octanol–water partition coefficient (Wildman–Crippen LogP) is 3.87. The standard InChI is InChI=1S/C20H27ClO7/c1-18(2,3)20(17(25)26,19(4,5)6)28-14-8-7-12(13(22)10-21)9-15(14)27-11-16(23)24/h7-9H,10-11H2,1-6H3,(H,23,24)(H,25,26). The quantitative estimate of drug-likeness (QED) is 0.490. The van der Waals surface area contributed by atoms with E-state index in [0.29, 0.717) is 0 Å². The van der Waals surface area contributed by atoms with Crippen molar-refractivity contribution in [3.8, 4) is 11.5 Å². The molecule has 0 atom stereocenters. The van der Waals surface area contributed by atoms with Gasteiger partial charge in [0, 0.05) is 16.4 Å². The molecular weight excluding hydrogens is 388 g/mol. The van der Waals surface area contributed by atoms with Crippen molar-refractivity contribution in [2.24, 2.45) is 10.8 Å². The molecule has 2 N–H and O–H groups in total. The van der Waals surface area contributed by atoms with Crippen LogP contribution in [-0.4, -0.2) is 46.0 Å². The minimum Gasteiger partial charge on any atom is -0.479 e. The zero-order valence-electron chi connectivity index (χ0n) is 17.0. The summed E-state index contributed by atoms with van der Waals surface area (Å²) in [6, 6.07) is 4.14. The molecule has 1 aromatic rings. The van der Waals surface area contributed by atoms with Crippen LogP contribution in [0.3, 0.4) is 0 Å². The number of aliphatic carboxylic acids is 2. The highest BCUT2D eigenvalue weighted by atomic mass is 35.5. The van der Waals surface area contributed by atoms with E-state index in [1.54, 1.807) is 41.5 Å². The van der Waals surface area contributed by atoms with Crippen LogP contribution in [0.15, 0.2) is 18.2 Å². The van der Waals surface area contributed by atoms with E-state index in [9.17, 15) is 19.5 Å². The summed E-state index contributed by atoms with van der Waals surface area (Å²) in [6.07, 6.45) is 0. The van der Waals surface area contributed by atoms with E-state index in [0.717, 1.165) is 0 Å². The van der Waals surface area contributed by atoms with Crippen LogP contribution < -0.4 is 9.47 Å². The number of hydrogen-bond acceptors (Lipinski definition) is 5. The predicted molar refractivity (Wildman–Crippen MR) is 105 cm³/mol. The molecule has 0 aliphatic rings. The van der Waals surface area contributed by atoms with E-state index in [1.807, 2.05) is 0 Å². The number of carbonyl (C=O) groups excluding carboxylic acids is 1. The summed E-state index contributed by atoms with van der Waals surface area (Å²) in [7, 11) is 0. The molecule has 0 aliphatic heterocycles. The van der Waals surface area contributed by atoms with Gasteiger partial charge in [0.25, 0.3) is 0 Å². The van der Waals surface area contributed by atoms with Gasteiger partial charge in [0.05, 0.1) is 5.88 Å². The molecule has 156 valence electrons. The highest BCUT2D eigenvalue weighted by Gasteiger charge is 2.59. The van der Waals surface area contributed by atoms with Gasteiger partial charge in [-0.3, -0.25) is 4.79 Å². The van der Waals surface area contributed by atoms with Gasteiger partial charge in [-0.15, -0.1) is 11.6 Å². The summed E-state index contributed by atoms with van der Waals surface area (Å²) >= 11 is 5.58. The van der Waals surface area contributed by atoms with Gasteiger partial charge >= 0.3 is 11.9 Å². The Kier molecular flexibility index (Phi) is 7.12. The van der Waals surface area contributed by atoms with Crippen LogP contribution in [0.25, 0.3) is 0 Å². The van der Waals surface area contributed by atoms with Gasteiger partial charge < -0.3 is 19.7 Å². The minimum atomic E-state index is -1.68. The number of rotatable bonds is 8. The molecule has 1 aromatic carbocycles. The monoisotopic (exact) mass is 414 g/mol. The maximum Gasteiger partial charge on any atom is 0.349 e. The van der Waals surface area contributed by atoms with Crippen molar-refractivity contribution in [3.63, 3.8) is 0 Å². The number of ketones is 1. The number of alkyl halides is 1. The summed E-state index contributed by atoms with van der Waals surface area (Å²) in [4.78, 5) is 35.2. The lowest BCUT2D eigenvalue weighted by molar-refractivity contribution is -0.184. The van der Waals surface area contributed by atoms with Gasteiger partial charge in [-0.25, -0.2) is 9.59 Å². The van der Waals surface area contributed by atoms with Crippen LogP contribution in [0, 0.1) is 10.8 Å². The van der Waals surface area contributed by atoms with Crippen LogP contribution >= 0.6 is 11.6 Å². The third-order valence-electron chi connectivity index (χ3n) is 4.41. The lowest BCUT2D eigenvalue weighted by Crippen LogP contribution is -2.63. The van der Waals surface area contributed by atoms with Gasteiger partial charge in [-0.05, 0) is 18.2 Å². The Morgan fingerprint density at radius 2 is 1.50 bits per heavy atom. The topological polar surface area (TPSA) is 110 Å². The average molecular weight is 415 g/mol. The fraction of sp³-hybridized carbons (Fsp3) is 0.550. The lowest BCUT2D eigenvalue weighted by atomic mass is 9.62. The number of benzene rings is 1. The molecule has 0 saturated carbocycles. The first kappa shape index (κ1) is 23.8. The molecule has 28 heavy (non-hydrogen) atoms. The van der Waals surface area contributed by atoms with Crippen molar-refractivity contribution >= 4 is 29.3 Å². The van der Waals surface area contributed by atoms with Crippen molar-refractivity contribution < 1.29 is 34.1 Å². The maximum atomic E-state index is 12.4. The fourth-order valence-corrected chi connectivity index (χ4v) is 3.53. The van der Waals surface area contributed by atoms with E-state index < -0.39 is 35.0 Å². The van der Waals surface area contributed by atoms with E-state index in [2.05, 4.69) is 0 Å². The largest absolute Gasteiger partial charge is 0.479 e. The summed E-state index contributed by atoms with van der Waals surface area (Å²) in [5.74, 6) is -3.06. The van der Waals surface area contributed by atoms with Crippen LogP contribution in [-0.2, 0) is 9.59 Å². The molecule has 0 fully saturated rings. The first-order valence-corrected chi connectivity index (χ1v) is 9.21. The van der Waals surface area contributed by atoms with Gasteiger partial charge in [0.1, 0.15) is 0 Å². The Hall–Kier alpha value is -2.28. The molecule has 0 saturated heterocycles. The normalized spacial score (nSPS) is 12.4. The number of hydrogen-bond donors (Lipinski definition) is 2. The van der Waals surface area contributed by atoms with Gasteiger partial charge in [-0.1, -0.05) is 41.5 Å². The first-order chi connectivity index (χ1) is 12.7. The molecule has 1 rings (SSSR count). The Morgan fingerprint density at radius 1 is 0.964 bits per heavy atom. The number of carboxylic acid groups (broad SMARTS) is 2. The Bertz CT molecular complexity index is 743. The van der Waals surface area contributed by atoms with Crippen molar-refractivity contribution in [2.45, 2.75) is 47.1 Å². The van der Waals surface area contributed by atoms with Crippen LogP contribution in [0.5, 0.6) is 11.5 Å². The fourth-order valence-electron chi connectivity index (χ4n) is 3.38. The SMILES string of the molecule is CC(C)(C)C(Oc1ccc(C(=O)CCl)cc1OCC(=O)O)(C(=O)O)C(C)(C)C. The van der Waals surface area contributed by atoms with Crippen LogP contribution in [0.1, 0.15) is 51.9 Å². The molecule has 0 radical (unpaired) electrons. The van der Waals surface area contributed by atoms with Crippen molar-refractivity contribution in [1.82, 2.24) is 0 Å². The van der Waals surface area contributed by atoms with Gasteiger partial charge in [-0.2, -0.15) is 0 Å². The molecule has 0 spiro atoms. The molecule has 0 amide bonds.